The maximum Gasteiger partial charge on any atom is 0.346 e. The van der Waals surface area contributed by atoms with E-state index >= 15 is 0 Å². The Morgan fingerprint density at radius 3 is 2.37 bits per heavy atom. The lowest BCUT2D eigenvalue weighted by Crippen LogP contribution is -2.38. The van der Waals surface area contributed by atoms with Crippen molar-refractivity contribution in [2.45, 2.75) is 19.3 Å². The second-order valence-electron chi connectivity index (χ2n) is 3.98. The lowest BCUT2D eigenvalue weighted by molar-refractivity contribution is -0.742. The number of hydrogen-bond acceptors (Lipinski definition) is 7. The summed E-state index contributed by atoms with van der Waals surface area (Å²) in [7, 11) is 0. The molecule has 0 unspecified atom stereocenters. The average Bonchev–Trinajstić information content (AvgIpc) is 2.36. The van der Waals surface area contributed by atoms with Crippen molar-refractivity contribution in [1.82, 2.24) is 4.98 Å². The average molecular weight is 272 g/mol. The minimum atomic E-state index is -1.50. The van der Waals surface area contributed by atoms with Gasteiger partial charge in [0.05, 0.1) is 6.07 Å². The number of anilines is 3. The van der Waals surface area contributed by atoms with Crippen LogP contribution in [0.2, 0.25) is 0 Å². The molecule has 19 heavy (non-hydrogen) atoms. The van der Waals surface area contributed by atoms with Gasteiger partial charge in [-0.2, -0.15) is 0 Å². The summed E-state index contributed by atoms with van der Waals surface area (Å²) in [6.07, 6.45) is 3.54. The van der Waals surface area contributed by atoms with Crippen LogP contribution in [0.25, 0.3) is 0 Å². The molecule has 106 valence electrons. The number of rotatable bonds is 1. The zero-order valence-electron chi connectivity index (χ0n) is 10.2. The molecule has 1 aliphatic rings. The van der Waals surface area contributed by atoms with Crippen molar-refractivity contribution in [2.75, 3.05) is 29.5 Å². The van der Waals surface area contributed by atoms with Gasteiger partial charge in [-0.15, -0.1) is 10.1 Å². The molecule has 2 heterocycles. The highest BCUT2D eigenvalue weighted by molar-refractivity contribution is 5.46. The van der Waals surface area contributed by atoms with Crippen LogP contribution in [0.5, 0.6) is 0 Å². The predicted molar refractivity (Wildman–Crippen MR) is 66.9 cm³/mol. The summed E-state index contributed by atoms with van der Waals surface area (Å²) in [4.78, 5) is 14.5. The van der Waals surface area contributed by atoms with Crippen molar-refractivity contribution >= 4 is 17.6 Å². The molecule has 0 radical (unpaired) electrons. The normalized spacial score (nSPS) is 14.4. The van der Waals surface area contributed by atoms with Crippen LogP contribution in [-0.4, -0.2) is 28.4 Å². The van der Waals surface area contributed by atoms with Gasteiger partial charge in [0, 0.05) is 13.1 Å². The van der Waals surface area contributed by atoms with Crippen LogP contribution >= 0.6 is 0 Å². The highest BCUT2D eigenvalue weighted by Gasteiger charge is 2.16. The number of nitrogens with zero attached hydrogens (tertiary/aromatic N) is 4. The van der Waals surface area contributed by atoms with Gasteiger partial charge in [-0.1, -0.05) is 4.98 Å². The Morgan fingerprint density at radius 2 is 1.89 bits per heavy atom. The molecule has 5 N–H and O–H groups in total. The number of nitrogen functional groups attached to an aromatic ring is 2. The number of hydrogen-bond donors (Lipinski definition) is 3. The van der Waals surface area contributed by atoms with Crippen molar-refractivity contribution in [1.29, 1.82) is 0 Å². The standard InChI is InChI=1S/C9H15N5O.HNO3/c10-7-6-8(12-9(11)14(7)15)13-4-2-1-3-5-13;2-1(3)4/h6H,1-5,10H2,(H2,11,12);(H,2,3,4). The van der Waals surface area contributed by atoms with Crippen LogP contribution in [0.15, 0.2) is 6.07 Å². The summed E-state index contributed by atoms with van der Waals surface area (Å²) in [5.41, 5.74) is 11.0. The molecule has 1 saturated heterocycles. The molecular formula is C9H16N6O4. The third-order valence-corrected chi connectivity index (χ3v) is 2.63. The van der Waals surface area contributed by atoms with Gasteiger partial charge in [-0.25, -0.2) is 4.73 Å². The molecule has 0 amide bonds. The van der Waals surface area contributed by atoms with Crippen molar-refractivity contribution in [3.63, 3.8) is 0 Å². The van der Waals surface area contributed by atoms with Crippen LogP contribution in [0.1, 0.15) is 19.3 Å². The number of nitrogens with two attached hydrogens (primary N) is 2. The first kappa shape index (κ1) is 14.5. The zero-order valence-corrected chi connectivity index (χ0v) is 10.2. The van der Waals surface area contributed by atoms with E-state index in [0.29, 0.717) is 10.5 Å². The smallest absolute Gasteiger partial charge is 0.346 e. The molecule has 1 fully saturated rings. The molecule has 0 bridgehead atoms. The van der Waals surface area contributed by atoms with E-state index < -0.39 is 5.09 Å². The first-order valence-corrected chi connectivity index (χ1v) is 5.65. The summed E-state index contributed by atoms with van der Waals surface area (Å²) >= 11 is 0. The predicted octanol–water partition coefficient (Wildman–Crippen LogP) is -0.478. The SMILES string of the molecule is Nc1cc(N2CCCCC2)nc(N)[n+]1[O-].O=[N+]([O-])O. The summed E-state index contributed by atoms with van der Waals surface area (Å²) in [6, 6.07) is 1.58. The minimum absolute atomic E-state index is 0.0874. The van der Waals surface area contributed by atoms with Crippen LogP contribution < -0.4 is 21.1 Å². The second kappa shape index (κ2) is 6.42. The lowest BCUT2D eigenvalue weighted by Gasteiger charge is -2.26. The highest BCUT2D eigenvalue weighted by atomic mass is 16.9. The minimum Gasteiger partial charge on any atom is -0.754 e. The Hall–Kier alpha value is -2.52. The highest BCUT2D eigenvalue weighted by Crippen LogP contribution is 2.18. The van der Waals surface area contributed by atoms with Crippen molar-refractivity contribution in [3.8, 4) is 0 Å². The molecule has 0 aliphatic carbocycles. The van der Waals surface area contributed by atoms with Crippen molar-refractivity contribution in [3.05, 3.63) is 21.4 Å². The fourth-order valence-electron chi connectivity index (χ4n) is 1.80. The molecule has 1 aromatic rings. The zero-order chi connectivity index (χ0) is 14.4. The summed E-state index contributed by atoms with van der Waals surface area (Å²) in [6.45, 7) is 1.91. The van der Waals surface area contributed by atoms with Gasteiger partial charge in [0.1, 0.15) is 0 Å². The molecule has 0 aromatic carbocycles. The van der Waals surface area contributed by atoms with Gasteiger partial charge in [-0.05, 0) is 19.3 Å². The Morgan fingerprint density at radius 1 is 1.37 bits per heavy atom. The second-order valence-corrected chi connectivity index (χ2v) is 3.98. The van der Waals surface area contributed by atoms with E-state index in [9.17, 15) is 5.21 Å². The molecule has 1 aromatic heterocycles. The third kappa shape index (κ3) is 4.33. The monoisotopic (exact) mass is 272 g/mol. The Labute approximate surface area is 108 Å². The molecule has 0 saturated carbocycles. The Kier molecular flexibility index (Phi) is 4.92. The Balaban J connectivity index is 0.000000399. The number of aromatic nitrogens is 2. The lowest BCUT2D eigenvalue weighted by atomic mass is 10.1. The molecule has 0 spiro atoms. The summed E-state index contributed by atoms with van der Waals surface area (Å²) in [5.74, 6) is 0.718. The van der Waals surface area contributed by atoms with Gasteiger partial charge >= 0.3 is 5.95 Å². The molecule has 10 heteroatoms. The van der Waals surface area contributed by atoms with Gasteiger partial charge in [0.25, 0.3) is 5.09 Å². The van der Waals surface area contributed by atoms with Crippen LogP contribution in [-0.2, 0) is 0 Å². The Bertz CT molecular complexity index is 421. The molecule has 10 nitrogen and oxygen atoms in total. The summed E-state index contributed by atoms with van der Waals surface area (Å²) < 4.78 is 0.438. The van der Waals surface area contributed by atoms with E-state index in [1.807, 2.05) is 0 Å². The van der Waals surface area contributed by atoms with E-state index in [2.05, 4.69) is 9.88 Å². The molecule has 1 aliphatic heterocycles. The first-order valence-electron chi connectivity index (χ1n) is 5.65. The molecule has 0 atom stereocenters. The van der Waals surface area contributed by atoms with Crippen LogP contribution in [0, 0.1) is 15.3 Å². The molecular weight excluding hydrogens is 256 g/mol. The van der Waals surface area contributed by atoms with E-state index in [0.717, 1.165) is 25.9 Å². The topological polar surface area (TPSA) is 158 Å². The van der Waals surface area contributed by atoms with Gasteiger partial charge in [0.15, 0.2) is 11.6 Å². The van der Waals surface area contributed by atoms with Crippen LogP contribution in [0.4, 0.5) is 17.6 Å². The van der Waals surface area contributed by atoms with Crippen molar-refractivity contribution < 1.29 is 15.0 Å². The van der Waals surface area contributed by atoms with E-state index in [4.69, 9.17) is 26.8 Å². The fourth-order valence-corrected chi connectivity index (χ4v) is 1.80. The largest absolute Gasteiger partial charge is 0.754 e. The maximum absolute atomic E-state index is 11.2. The first-order chi connectivity index (χ1) is 8.91. The van der Waals surface area contributed by atoms with E-state index in [1.165, 1.54) is 6.42 Å². The van der Waals surface area contributed by atoms with Gasteiger partial charge in [0.2, 0.25) is 0 Å². The van der Waals surface area contributed by atoms with Gasteiger partial charge < -0.3 is 26.8 Å². The van der Waals surface area contributed by atoms with E-state index in [1.54, 1.807) is 6.07 Å². The summed E-state index contributed by atoms with van der Waals surface area (Å²) in [5, 5.41) is 24.8. The van der Waals surface area contributed by atoms with Gasteiger partial charge in [-0.3, -0.25) is 0 Å². The van der Waals surface area contributed by atoms with Crippen LogP contribution in [0.3, 0.4) is 0 Å². The quantitative estimate of drug-likeness (QED) is 0.267. The number of piperidine rings is 1. The maximum atomic E-state index is 11.2. The fraction of sp³-hybridized carbons (Fsp3) is 0.556. The van der Waals surface area contributed by atoms with E-state index in [-0.39, 0.29) is 11.8 Å². The van der Waals surface area contributed by atoms with Crippen molar-refractivity contribution in [2.24, 2.45) is 0 Å². The third-order valence-electron chi connectivity index (χ3n) is 2.63. The molecule has 2 rings (SSSR count).